The summed E-state index contributed by atoms with van der Waals surface area (Å²) >= 11 is 6.21. The van der Waals surface area contributed by atoms with Crippen molar-refractivity contribution in [2.45, 2.75) is 57.9 Å². The van der Waals surface area contributed by atoms with E-state index in [9.17, 15) is 27.9 Å². The molecule has 4 atom stereocenters. The van der Waals surface area contributed by atoms with Crippen LogP contribution in [0, 0.1) is 5.92 Å². The smallest absolute Gasteiger partial charge is 0.416 e. The van der Waals surface area contributed by atoms with E-state index in [1.54, 1.807) is 26.1 Å². The lowest BCUT2D eigenvalue weighted by atomic mass is 9.88. The molecule has 39 heavy (non-hydrogen) atoms. The molecule has 4 rings (SSSR count). The number of hydrogen-bond acceptors (Lipinski definition) is 6. The molecule has 1 saturated heterocycles. The van der Waals surface area contributed by atoms with Crippen LogP contribution in [0.3, 0.4) is 0 Å². The van der Waals surface area contributed by atoms with Crippen LogP contribution >= 0.6 is 11.6 Å². The summed E-state index contributed by atoms with van der Waals surface area (Å²) in [7, 11) is 1.61. The van der Waals surface area contributed by atoms with Gasteiger partial charge in [0.1, 0.15) is 10.7 Å². The molecular formula is C27H31ClF3N5O3. The molecule has 1 aromatic carbocycles. The number of piperazine rings is 1. The normalized spacial score (nSPS) is 20.3. The molecule has 2 unspecified atom stereocenters. The highest BCUT2D eigenvalue weighted by molar-refractivity contribution is 6.29. The third-order valence-electron chi connectivity index (χ3n) is 7.65. The van der Waals surface area contributed by atoms with E-state index in [0.29, 0.717) is 48.3 Å². The van der Waals surface area contributed by atoms with Crippen molar-refractivity contribution in [3.8, 4) is 0 Å². The number of carbonyl (C=O) groups is 1. The number of pyridine rings is 1. The minimum absolute atomic E-state index is 0.172. The molecule has 0 amide bonds. The van der Waals surface area contributed by atoms with E-state index in [1.165, 1.54) is 16.7 Å². The van der Waals surface area contributed by atoms with Crippen molar-refractivity contribution < 1.29 is 23.1 Å². The van der Waals surface area contributed by atoms with Gasteiger partial charge in [-0.1, -0.05) is 44.5 Å². The van der Waals surface area contributed by atoms with Crippen molar-refractivity contribution in [1.29, 1.82) is 0 Å². The first-order chi connectivity index (χ1) is 18.4. The van der Waals surface area contributed by atoms with Gasteiger partial charge in [0.2, 0.25) is 0 Å². The molecule has 210 valence electrons. The van der Waals surface area contributed by atoms with E-state index in [4.69, 9.17) is 11.6 Å². The summed E-state index contributed by atoms with van der Waals surface area (Å²) in [6.07, 6.45) is -3.21. The fourth-order valence-corrected chi connectivity index (χ4v) is 5.59. The average Bonchev–Trinajstić information content (AvgIpc) is 2.90. The fourth-order valence-electron chi connectivity index (χ4n) is 5.44. The van der Waals surface area contributed by atoms with Crippen LogP contribution < -0.4 is 10.6 Å². The number of aliphatic carboxylic acids is 1. The minimum Gasteiger partial charge on any atom is -0.481 e. The Bertz CT molecular complexity index is 1410. The van der Waals surface area contributed by atoms with E-state index in [0.717, 1.165) is 12.1 Å². The first-order valence-electron chi connectivity index (χ1n) is 12.8. The molecule has 1 fully saturated rings. The van der Waals surface area contributed by atoms with Crippen LogP contribution in [0.25, 0.3) is 11.0 Å². The van der Waals surface area contributed by atoms with Crippen molar-refractivity contribution in [1.82, 2.24) is 19.4 Å². The minimum atomic E-state index is -4.49. The highest BCUT2D eigenvalue weighted by Gasteiger charge is 2.41. The predicted octanol–water partition coefficient (Wildman–Crippen LogP) is 5.14. The summed E-state index contributed by atoms with van der Waals surface area (Å²) in [5, 5.41) is 10.2. The number of fused-ring (bicyclic) bond motifs is 1. The number of hydrogen-bond donors (Lipinski definition) is 1. The molecule has 12 heteroatoms. The zero-order chi connectivity index (χ0) is 28.6. The molecule has 1 aliphatic rings. The Morgan fingerprint density at radius 2 is 1.72 bits per heavy atom. The van der Waals surface area contributed by atoms with Gasteiger partial charge < -0.3 is 10.0 Å². The van der Waals surface area contributed by atoms with E-state index >= 15 is 0 Å². The van der Waals surface area contributed by atoms with Crippen LogP contribution in [-0.2, 0) is 18.0 Å². The second-order valence-electron chi connectivity index (χ2n) is 9.94. The maximum absolute atomic E-state index is 13.2. The summed E-state index contributed by atoms with van der Waals surface area (Å²) < 4.78 is 41.1. The standard InChI is InChI=1S/C27H31ClF3N5O3/c1-5-18-14-36(24-22-20(11-12-21(28)32-22)34(4)26(39)33-24)19(6-2)13-35(18)23(15(3)25(37)38)16-7-9-17(10-8-16)27(29,30)31/h7-12,15,18-19,23H,5-6,13-14H2,1-4H3,(H,37,38)/t15?,18-,19+,23?/m1/s1. The summed E-state index contributed by atoms with van der Waals surface area (Å²) in [5.41, 5.74) is 0.358. The van der Waals surface area contributed by atoms with Gasteiger partial charge in [-0.05, 0) is 42.7 Å². The van der Waals surface area contributed by atoms with Crippen molar-refractivity contribution in [2.75, 3.05) is 18.0 Å². The van der Waals surface area contributed by atoms with Crippen LogP contribution in [0.15, 0.2) is 41.2 Å². The van der Waals surface area contributed by atoms with Crippen molar-refractivity contribution >= 4 is 34.4 Å². The SMILES string of the molecule is CC[C@H]1CN(C(c2ccc(C(F)(F)F)cc2)C(C)C(=O)O)[C@H](CC)CN1c1nc(=O)n(C)c2ccc(Cl)nc12. The van der Waals surface area contributed by atoms with Crippen LogP contribution in [0.5, 0.6) is 0 Å². The van der Waals surface area contributed by atoms with Crippen molar-refractivity contribution in [3.63, 3.8) is 0 Å². The second kappa shape index (κ2) is 11.1. The molecule has 0 bridgehead atoms. The monoisotopic (exact) mass is 565 g/mol. The summed E-state index contributed by atoms with van der Waals surface area (Å²) in [6, 6.07) is 7.06. The molecule has 8 nitrogen and oxygen atoms in total. The van der Waals surface area contributed by atoms with E-state index in [-0.39, 0.29) is 17.2 Å². The number of aromatic nitrogens is 3. The summed E-state index contributed by atoms with van der Waals surface area (Å²) in [4.78, 5) is 37.9. The molecule has 2 aromatic heterocycles. The molecule has 1 N–H and O–H groups in total. The third-order valence-corrected chi connectivity index (χ3v) is 7.87. The first kappa shape index (κ1) is 28.8. The van der Waals surface area contributed by atoms with Gasteiger partial charge in [-0.3, -0.25) is 14.3 Å². The Labute approximate surface area is 229 Å². The van der Waals surface area contributed by atoms with Crippen molar-refractivity contribution in [3.05, 3.63) is 63.2 Å². The van der Waals surface area contributed by atoms with Gasteiger partial charge in [-0.2, -0.15) is 18.2 Å². The Morgan fingerprint density at radius 3 is 2.28 bits per heavy atom. The average molecular weight is 566 g/mol. The lowest BCUT2D eigenvalue weighted by molar-refractivity contribution is -0.144. The zero-order valence-electron chi connectivity index (χ0n) is 22.1. The molecule has 3 aromatic rings. The molecule has 3 heterocycles. The number of nitrogens with zero attached hydrogens (tertiary/aromatic N) is 5. The summed E-state index contributed by atoms with van der Waals surface area (Å²) in [5.74, 6) is -1.51. The van der Waals surface area contributed by atoms with Crippen molar-refractivity contribution in [2.24, 2.45) is 13.0 Å². The highest BCUT2D eigenvalue weighted by Crippen LogP contribution is 2.38. The number of rotatable bonds is 7. The molecule has 0 aliphatic carbocycles. The Hall–Kier alpha value is -3.18. The molecule has 0 radical (unpaired) electrons. The lowest BCUT2D eigenvalue weighted by Gasteiger charge is -2.50. The van der Waals surface area contributed by atoms with E-state index in [1.807, 2.05) is 18.7 Å². The highest BCUT2D eigenvalue weighted by atomic mass is 35.5. The van der Waals surface area contributed by atoms with Gasteiger partial charge in [0.15, 0.2) is 5.82 Å². The topological polar surface area (TPSA) is 91.6 Å². The van der Waals surface area contributed by atoms with Gasteiger partial charge in [0.05, 0.1) is 17.0 Å². The molecule has 0 saturated carbocycles. The Balaban J connectivity index is 1.78. The lowest BCUT2D eigenvalue weighted by Crippen LogP contribution is -2.60. The maximum atomic E-state index is 13.2. The number of alkyl halides is 3. The van der Waals surface area contributed by atoms with Gasteiger partial charge in [-0.25, -0.2) is 9.78 Å². The number of halogens is 4. The van der Waals surface area contributed by atoms with Crippen LogP contribution in [0.4, 0.5) is 19.0 Å². The van der Waals surface area contributed by atoms with E-state index in [2.05, 4.69) is 14.9 Å². The van der Waals surface area contributed by atoms with E-state index < -0.39 is 35.4 Å². The number of anilines is 1. The second-order valence-corrected chi connectivity index (χ2v) is 10.3. The van der Waals surface area contributed by atoms with Gasteiger partial charge in [0, 0.05) is 38.3 Å². The number of benzene rings is 1. The van der Waals surface area contributed by atoms with Crippen LogP contribution in [0.2, 0.25) is 5.15 Å². The molecule has 1 aliphatic heterocycles. The fraction of sp³-hybridized carbons (Fsp3) is 0.481. The number of carboxylic acids is 1. The van der Waals surface area contributed by atoms with Crippen LogP contribution in [0.1, 0.15) is 50.8 Å². The quantitative estimate of drug-likeness (QED) is 0.397. The van der Waals surface area contributed by atoms with Gasteiger partial charge in [0.25, 0.3) is 0 Å². The van der Waals surface area contributed by atoms with Crippen LogP contribution in [-0.4, -0.2) is 55.7 Å². The first-order valence-corrected chi connectivity index (χ1v) is 13.2. The number of carboxylic acid groups (broad SMARTS) is 1. The molecule has 0 spiro atoms. The zero-order valence-corrected chi connectivity index (χ0v) is 22.9. The Morgan fingerprint density at radius 1 is 1.08 bits per heavy atom. The predicted molar refractivity (Wildman–Crippen MR) is 143 cm³/mol. The van der Waals surface area contributed by atoms with Gasteiger partial charge >= 0.3 is 17.8 Å². The Kier molecular flexibility index (Phi) is 8.22. The third kappa shape index (κ3) is 5.60. The van der Waals surface area contributed by atoms with Gasteiger partial charge in [-0.15, -0.1) is 0 Å². The summed E-state index contributed by atoms with van der Waals surface area (Å²) in [6.45, 7) is 6.37. The maximum Gasteiger partial charge on any atom is 0.416 e. The largest absolute Gasteiger partial charge is 0.481 e. The number of aryl methyl sites for hydroxylation is 1. The molecular weight excluding hydrogens is 535 g/mol.